The van der Waals surface area contributed by atoms with Crippen molar-refractivity contribution in [3.05, 3.63) is 59.3 Å². The Hall–Kier alpha value is -2.97. The molecule has 0 radical (unpaired) electrons. The molecule has 0 bridgehead atoms. The van der Waals surface area contributed by atoms with Gasteiger partial charge in [0.25, 0.3) is 5.91 Å². The summed E-state index contributed by atoms with van der Waals surface area (Å²) in [5.41, 5.74) is 8.62. The molecule has 8 heteroatoms. The van der Waals surface area contributed by atoms with E-state index in [2.05, 4.69) is 77.5 Å². The first kappa shape index (κ1) is 41.2. The summed E-state index contributed by atoms with van der Waals surface area (Å²) in [5, 5.41) is 25.7. The summed E-state index contributed by atoms with van der Waals surface area (Å²) in [6, 6.07) is 3.17. The lowest BCUT2D eigenvalue weighted by atomic mass is 9.33. The molecule has 6 aliphatic carbocycles. The van der Waals surface area contributed by atoms with Crippen LogP contribution < -0.4 is 15.8 Å². The minimum atomic E-state index is -1.10. The first-order valence-corrected chi connectivity index (χ1v) is 21.8. The Kier molecular flexibility index (Phi) is 10.4. The molecule has 4 fully saturated rings. The van der Waals surface area contributed by atoms with E-state index in [1.807, 2.05) is 6.92 Å². The SMILES string of the molecule is C=C(C)[C@@H]1CC[C@]2(NC[C@@](C)(O)CC)CC[C@]3(C)[C@H](CC[C@@H]4[C@@]5(C)CC=C(C6=CC[C@](COc7ncccc7C(N)=O)(C(=O)O)CC6)C(C)(C)[C@@H]5CC[C@]43C)[C@@H]12. The number of hydrogen-bond donors (Lipinski definition) is 4. The molecule has 1 amide bonds. The molecule has 0 saturated heterocycles. The van der Waals surface area contributed by atoms with Crippen molar-refractivity contribution in [2.24, 2.45) is 62.4 Å². The molecule has 0 spiro atoms. The number of carbonyl (C=O) groups excluding carboxylic acids is 1. The predicted octanol–water partition coefficient (Wildman–Crippen LogP) is 9.44. The van der Waals surface area contributed by atoms with Gasteiger partial charge in [-0.05, 0) is 172 Å². The molecule has 1 aromatic heterocycles. The molecule has 56 heavy (non-hydrogen) atoms. The number of allylic oxidation sites excluding steroid dienone is 5. The molecule has 4 saturated carbocycles. The van der Waals surface area contributed by atoms with E-state index >= 15 is 0 Å². The van der Waals surface area contributed by atoms with Crippen LogP contribution >= 0.6 is 0 Å². The van der Waals surface area contributed by atoms with Gasteiger partial charge in [0.15, 0.2) is 0 Å². The second-order valence-electron chi connectivity index (χ2n) is 21.1. The average molecular weight is 770 g/mol. The van der Waals surface area contributed by atoms with Crippen molar-refractivity contribution in [2.45, 2.75) is 150 Å². The van der Waals surface area contributed by atoms with E-state index in [0.29, 0.717) is 55.4 Å². The highest BCUT2D eigenvalue weighted by Gasteiger charge is 2.70. The Balaban J connectivity index is 1.13. The average Bonchev–Trinajstić information content (AvgIpc) is 3.54. The van der Waals surface area contributed by atoms with E-state index in [9.17, 15) is 19.8 Å². The molecule has 0 aromatic carbocycles. The van der Waals surface area contributed by atoms with Gasteiger partial charge in [-0.3, -0.25) is 9.59 Å². The maximum absolute atomic E-state index is 12.8. The number of primary amides is 1. The summed E-state index contributed by atoms with van der Waals surface area (Å²) in [6.07, 6.45) is 19.4. The standard InChI is InChI=1S/C48H71N3O5/c1-10-43(6,55)28-51-48-24-17-32(30(2)3)38(48)35-13-14-37-44(7)20-18-34(42(4,5)36(44)19-21-46(37,9)45(35,8)25-26-48)31-15-22-47(23-16-31,41(53)54)29-56-40-33(39(49)52)12-11-27-50-40/h11-12,15,18,27,32,35-38,51,55H,2,10,13-14,16-17,19-26,28-29H2,1,3-9H3,(H2,49,52)(H,53,54)/t32-,35+,36-,37+,38+,43-,44-,45+,46+,47-,48-/m0/s1. The van der Waals surface area contributed by atoms with Crippen LogP contribution in [0.3, 0.4) is 0 Å². The van der Waals surface area contributed by atoms with Crippen LogP contribution in [-0.2, 0) is 4.79 Å². The van der Waals surface area contributed by atoms with Crippen molar-refractivity contribution in [3.63, 3.8) is 0 Å². The third-order valence-corrected chi connectivity index (χ3v) is 18.2. The molecule has 5 N–H and O–H groups in total. The highest BCUT2D eigenvalue weighted by molar-refractivity contribution is 5.95. The Morgan fingerprint density at radius 1 is 1.00 bits per heavy atom. The zero-order valence-electron chi connectivity index (χ0n) is 35.7. The van der Waals surface area contributed by atoms with Gasteiger partial charge in [0.1, 0.15) is 17.6 Å². The molecular weight excluding hydrogens is 699 g/mol. The maximum Gasteiger partial charge on any atom is 0.313 e. The highest BCUT2D eigenvalue weighted by atomic mass is 16.5. The fraction of sp³-hybridized carbons (Fsp3) is 0.729. The van der Waals surface area contributed by atoms with Gasteiger partial charge in [0.05, 0.1) is 5.60 Å². The van der Waals surface area contributed by atoms with Gasteiger partial charge >= 0.3 is 5.97 Å². The predicted molar refractivity (Wildman–Crippen MR) is 222 cm³/mol. The lowest BCUT2D eigenvalue weighted by Crippen LogP contribution is -2.68. The number of carboxylic acids is 1. The highest BCUT2D eigenvalue weighted by Crippen LogP contribution is 2.76. The maximum atomic E-state index is 12.8. The number of β-amino-alcohol motifs (C(OH)–C–C–N with tert-alkyl or cyclic N) is 1. The fourth-order valence-corrected chi connectivity index (χ4v) is 14.5. The van der Waals surface area contributed by atoms with Crippen molar-refractivity contribution in [1.29, 1.82) is 0 Å². The van der Waals surface area contributed by atoms with Crippen LogP contribution in [-0.4, -0.2) is 51.4 Å². The first-order chi connectivity index (χ1) is 26.2. The molecule has 308 valence electrons. The lowest BCUT2D eigenvalue weighted by molar-refractivity contribution is -0.221. The number of fused-ring (bicyclic) bond motifs is 7. The number of pyridine rings is 1. The number of amides is 1. The Morgan fingerprint density at radius 3 is 2.39 bits per heavy atom. The number of ether oxygens (including phenoxy) is 1. The summed E-state index contributed by atoms with van der Waals surface area (Å²) < 4.78 is 5.94. The number of nitrogens with one attached hydrogen (secondary N) is 1. The Labute approximate surface area is 336 Å². The van der Waals surface area contributed by atoms with Crippen LogP contribution in [0.15, 0.2) is 53.8 Å². The van der Waals surface area contributed by atoms with Crippen LogP contribution in [0.1, 0.15) is 149 Å². The number of aromatic nitrogens is 1. The monoisotopic (exact) mass is 770 g/mol. The quantitative estimate of drug-likeness (QED) is 0.165. The van der Waals surface area contributed by atoms with Crippen LogP contribution in [0.5, 0.6) is 5.88 Å². The summed E-state index contributed by atoms with van der Waals surface area (Å²) in [7, 11) is 0. The van der Waals surface area contributed by atoms with Gasteiger partial charge in [0.2, 0.25) is 5.88 Å². The summed E-state index contributed by atoms with van der Waals surface area (Å²) in [4.78, 5) is 28.9. The summed E-state index contributed by atoms with van der Waals surface area (Å²) in [5.74, 6) is 1.44. The molecule has 6 aliphatic rings. The third kappa shape index (κ3) is 6.24. The largest absolute Gasteiger partial charge is 0.481 e. The molecule has 1 heterocycles. The second-order valence-corrected chi connectivity index (χ2v) is 21.1. The molecule has 7 rings (SSSR count). The van der Waals surface area contributed by atoms with E-state index in [-0.39, 0.29) is 45.2 Å². The van der Waals surface area contributed by atoms with Gasteiger partial charge in [-0.15, -0.1) is 0 Å². The normalized spacial score (nSPS) is 41.1. The van der Waals surface area contributed by atoms with Crippen LogP contribution in [0.25, 0.3) is 0 Å². The molecular formula is C48H71N3O5. The zero-order chi connectivity index (χ0) is 40.7. The smallest absolute Gasteiger partial charge is 0.313 e. The van der Waals surface area contributed by atoms with E-state index in [0.717, 1.165) is 12.8 Å². The topological polar surface area (TPSA) is 135 Å². The van der Waals surface area contributed by atoms with Gasteiger partial charge in [-0.2, -0.15) is 0 Å². The number of nitrogens with zero attached hydrogens (tertiary/aromatic N) is 1. The van der Waals surface area contributed by atoms with E-state index in [1.54, 1.807) is 12.1 Å². The fourth-order valence-electron chi connectivity index (χ4n) is 14.5. The van der Waals surface area contributed by atoms with Crippen LogP contribution in [0, 0.1) is 56.7 Å². The molecule has 1 aromatic rings. The molecule has 0 unspecified atom stereocenters. The van der Waals surface area contributed by atoms with Crippen LogP contribution in [0.2, 0.25) is 0 Å². The third-order valence-electron chi connectivity index (χ3n) is 18.2. The number of carboxylic acid groups (broad SMARTS) is 1. The van der Waals surface area contributed by atoms with Crippen molar-refractivity contribution in [1.82, 2.24) is 10.3 Å². The van der Waals surface area contributed by atoms with Gasteiger partial charge in [-0.25, -0.2) is 4.98 Å². The number of aliphatic hydroxyl groups is 1. The number of aliphatic carboxylic acids is 1. The summed E-state index contributed by atoms with van der Waals surface area (Å²) >= 11 is 0. The number of hydrogen-bond acceptors (Lipinski definition) is 6. The Bertz CT molecular complexity index is 1810. The van der Waals surface area contributed by atoms with Gasteiger partial charge in [0, 0.05) is 18.3 Å². The van der Waals surface area contributed by atoms with Crippen molar-refractivity contribution >= 4 is 11.9 Å². The van der Waals surface area contributed by atoms with Crippen molar-refractivity contribution in [2.75, 3.05) is 13.2 Å². The lowest BCUT2D eigenvalue weighted by Gasteiger charge is -2.72. The number of nitrogens with two attached hydrogens (primary N) is 1. The molecule has 8 nitrogen and oxygen atoms in total. The first-order valence-electron chi connectivity index (χ1n) is 21.8. The van der Waals surface area contributed by atoms with Crippen LogP contribution in [0.4, 0.5) is 0 Å². The molecule has 11 atom stereocenters. The number of rotatable bonds is 11. The summed E-state index contributed by atoms with van der Waals surface area (Å²) in [6.45, 7) is 24.4. The van der Waals surface area contributed by atoms with E-state index in [4.69, 9.17) is 10.5 Å². The van der Waals surface area contributed by atoms with Crippen molar-refractivity contribution in [3.8, 4) is 5.88 Å². The number of carbonyl (C=O) groups is 2. The minimum absolute atomic E-state index is 0.0413. The minimum Gasteiger partial charge on any atom is -0.481 e. The Morgan fingerprint density at radius 2 is 1.75 bits per heavy atom. The zero-order valence-corrected chi connectivity index (χ0v) is 35.7. The second kappa shape index (κ2) is 14.1. The van der Waals surface area contributed by atoms with Crippen molar-refractivity contribution < 1.29 is 24.5 Å². The molecule has 0 aliphatic heterocycles. The van der Waals surface area contributed by atoms with Gasteiger partial charge in [-0.1, -0.05) is 65.8 Å². The van der Waals surface area contributed by atoms with Gasteiger partial charge < -0.3 is 26.0 Å². The van der Waals surface area contributed by atoms with E-state index < -0.39 is 22.9 Å². The van der Waals surface area contributed by atoms with E-state index in [1.165, 1.54) is 74.3 Å².